The number of hydrogen-bond acceptors (Lipinski definition) is 2. The van der Waals surface area contributed by atoms with Crippen molar-refractivity contribution in [3.05, 3.63) is 30.1 Å². The zero-order valence-corrected chi connectivity index (χ0v) is 9.55. The molecule has 2 aromatic rings. The number of nitrogens with zero attached hydrogens (tertiary/aromatic N) is 2. The smallest absolute Gasteiger partial charge is 0.207 e. The minimum Gasteiger partial charge on any atom is -0.349 e. The molecule has 0 spiro atoms. The molecule has 0 aliphatic carbocycles. The lowest BCUT2D eigenvalue weighted by atomic mass is 10.3. The second-order valence-corrected chi connectivity index (χ2v) is 3.76. The molecule has 1 amide bonds. The monoisotopic (exact) mass is 227 g/mol. The van der Waals surface area contributed by atoms with Crippen molar-refractivity contribution in [2.75, 3.05) is 0 Å². The van der Waals surface area contributed by atoms with Crippen LogP contribution in [0.1, 0.15) is 18.8 Å². The highest BCUT2D eigenvalue weighted by Gasteiger charge is 2.14. The van der Waals surface area contributed by atoms with Crippen molar-refractivity contribution in [2.24, 2.45) is 0 Å². The average molecular weight is 227 g/mol. The zero-order valence-electron chi connectivity index (χ0n) is 9.55. The molecule has 4 heteroatoms. The van der Waals surface area contributed by atoms with E-state index in [2.05, 4.69) is 16.2 Å². The van der Waals surface area contributed by atoms with Crippen LogP contribution in [0.25, 0.3) is 11.0 Å². The highest BCUT2D eigenvalue weighted by Crippen LogP contribution is 2.20. The van der Waals surface area contributed by atoms with Crippen molar-refractivity contribution in [2.45, 2.75) is 19.5 Å². The Morgan fingerprint density at radius 1 is 1.59 bits per heavy atom. The van der Waals surface area contributed by atoms with Crippen molar-refractivity contribution in [3.8, 4) is 12.3 Å². The minimum atomic E-state index is -0.159. The fourth-order valence-corrected chi connectivity index (χ4v) is 1.86. The van der Waals surface area contributed by atoms with Crippen LogP contribution in [0, 0.1) is 12.3 Å². The Morgan fingerprint density at radius 2 is 2.35 bits per heavy atom. The summed E-state index contributed by atoms with van der Waals surface area (Å²) < 4.78 is 1.94. The number of imidazole rings is 1. The summed E-state index contributed by atoms with van der Waals surface area (Å²) in [6.07, 6.45) is 6.04. The number of aromatic nitrogens is 2. The van der Waals surface area contributed by atoms with Crippen LogP contribution in [0.5, 0.6) is 0 Å². The van der Waals surface area contributed by atoms with Gasteiger partial charge in [0.05, 0.1) is 23.6 Å². The Hall–Kier alpha value is -2.28. The van der Waals surface area contributed by atoms with Crippen LogP contribution in [0.15, 0.2) is 24.3 Å². The molecule has 1 heterocycles. The molecule has 0 aliphatic heterocycles. The molecule has 1 atom stereocenters. The molecule has 0 fully saturated rings. The van der Waals surface area contributed by atoms with Gasteiger partial charge in [-0.1, -0.05) is 18.1 Å². The molecule has 0 bridgehead atoms. The number of fused-ring (bicyclic) bond motifs is 1. The summed E-state index contributed by atoms with van der Waals surface area (Å²) in [6, 6.07) is 7.61. The van der Waals surface area contributed by atoms with Gasteiger partial charge in [-0.15, -0.1) is 6.42 Å². The lowest BCUT2D eigenvalue weighted by molar-refractivity contribution is -0.110. The zero-order chi connectivity index (χ0) is 12.3. The molecule has 0 saturated carbocycles. The number of nitrogens with one attached hydrogen (secondary N) is 1. The predicted molar refractivity (Wildman–Crippen MR) is 66.2 cm³/mol. The van der Waals surface area contributed by atoms with E-state index >= 15 is 0 Å². The Morgan fingerprint density at radius 3 is 3.06 bits per heavy atom. The summed E-state index contributed by atoms with van der Waals surface area (Å²) in [7, 11) is 0. The van der Waals surface area contributed by atoms with E-state index in [1.807, 2.05) is 35.8 Å². The first-order valence-corrected chi connectivity index (χ1v) is 5.36. The number of carbonyl (C=O) groups excluding carboxylic acids is 1. The van der Waals surface area contributed by atoms with Crippen LogP contribution < -0.4 is 5.32 Å². The van der Waals surface area contributed by atoms with Gasteiger partial charge in [0, 0.05) is 0 Å². The maximum Gasteiger partial charge on any atom is 0.207 e. The van der Waals surface area contributed by atoms with Gasteiger partial charge in [0.15, 0.2) is 0 Å². The van der Waals surface area contributed by atoms with Crippen LogP contribution >= 0.6 is 0 Å². The second kappa shape index (κ2) is 4.71. The highest BCUT2D eigenvalue weighted by molar-refractivity contribution is 5.76. The van der Waals surface area contributed by atoms with Gasteiger partial charge in [-0.3, -0.25) is 4.79 Å². The topological polar surface area (TPSA) is 46.9 Å². The summed E-state index contributed by atoms with van der Waals surface area (Å²) >= 11 is 0. The number of hydrogen-bond donors (Lipinski definition) is 1. The second-order valence-electron chi connectivity index (χ2n) is 3.76. The van der Waals surface area contributed by atoms with Crippen molar-refractivity contribution < 1.29 is 4.79 Å². The quantitative estimate of drug-likeness (QED) is 0.635. The molecule has 4 nitrogen and oxygen atoms in total. The molecule has 1 aromatic heterocycles. The lowest BCUT2D eigenvalue weighted by Crippen LogP contribution is -2.20. The molecule has 0 radical (unpaired) electrons. The number of para-hydroxylation sites is 2. The summed E-state index contributed by atoms with van der Waals surface area (Å²) in [6.45, 7) is 2.32. The normalized spacial score (nSPS) is 12.0. The fraction of sp³-hybridized carbons (Fsp3) is 0.231. The van der Waals surface area contributed by atoms with Crippen LogP contribution in [-0.2, 0) is 11.3 Å². The molecular weight excluding hydrogens is 214 g/mol. The van der Waals surface area contributed by atoms with E-state index in [1.165, 1.54) is 0 Å². The van der Waals surface area contributed by atoms with Crippen LogP contribution in [-0.4, -0.2) is 16.0 Å². The third kappa shape index (κ3) is 2.00. The first-order valence-electron chi connectivity index (χ1n) is 5.36. The Bertz CT molecular complexity index is 580. The van der Waals surface area contributed by atoms with Crippen molar-refractivity contribution >= 4 is 17.4 Å². The van der Waals surface area contributed by atoms with Gasteiger partial charge in [-0.05, 0) is 19.1 Å². The summed E-state index contributed by atoms with van der Waals surface area (Å²) in [5.74, 6) is 3.38. The van der Waals surface area contributed by atoms with E-state index in [0.29, 0.717) is 13.0 Å². The van der Waals surface area contributed by atoms with Gasteiger partial charge in [0.1, 0.15) is 5.82 Å². The van der Waals surface area contributed by atoms with Crippen LogP contribution in [0.4, 0.5) is 0 Å². The van der Waals surface area contributed by atoms with Crippen molar-refractivity contribution in [3.63, 3.8) is 0 Å². The molecule has 0 aliphatic rings. The van der Waals surface area contributed by atoms with E-state index in [9.17, 15) is 4.79 Å². The standard InChI is InChI=1S/C13H13N3O/c1-3-8-16-12-7-5-4-6-11(12)15-13(16)10(2)14-9-17/h1,4-7,9-10H,8H2,2H3,(H,14,17). The van der Waals surface area contributed by atoms with Gasteiger partial charge in [0.2, 0.25) is 6.41 Å². The van der Waals surface area contributed by atoms with E-state index in [-0.39, 0.29) is 6.04 Å². The average Bonchev–Trinajstić information content (AvgIpc) is 2.70. The summed E-state index contributed by atoms with van der Waals surface area (Å²) in [5.41, 5.74) is 1.87. The van der Waals surface area contributed by atoms with Crippen molar-refractivity contribution in [1.82, 2.24) is 14.9 Å². The van der Waals surface area contributed by atoms with Gasteiger partial charge < -0.3 is 9.88 Å². The van der Waals surface area contributed by atoms with E-state index < -0.39 is 0 Å². The predicted octanol–water partition coefficient (Wildman–Crippen LogP) is 1.48. The number of amides is 1. The third-order valence-electron chi connectivity index (χ3n) is 2.64. The van der Waals surface area contributed by atoms with Crippen molar-refractivity contribution in [1.29, 1.82) is 0 Å². The molecule has 1 aromatic carbocycles. The van der Waals surface area contributed by atoms with Gasteiger partial charge >= 0.3 is 0 Å². The van der Waals surface area contributed by atoms with E-state index in [1.54, 1.807) is 0 Å². The van der Waals surface area contributed by atoms with Gasteiger partial charge in [0.25, 0.3) is 0 Å². The molecule has 0 saturated heterocycles. The molecule has 2 rings (SSSR count). The molecular formula is C13H13N3O. The first-order chi connectivity index (χ1) is 8.27. The summed E-state index contributed by atoms with van der Waals surface area (Å²) in [4.78, 5) is 15.0. The molecule has 86 valence electrons. The number of terminal acetylenes is 1. The van der Waals surface area contributed by atoms with Gasteiger partial charge in [-0.2, -0.15) is 0 Å². The maximum atomic E-state index is 10.5. The maximum absolute atomic E-state index is 10.5. The third-order valence-corrected chi connectivity index (χ3v) is 2.64. The SMILES string of the molecule is C#CCn1c(C(C)NC=O)nc2ccccc21. The van der Waals surface area contributed by atoms with Gasteiger partial charge in [-0.25, -0.2) is 4.98 Å². The Labute approximate surface area is 99.7 Å². The Balaban J connectivity index is 2.57. The first kappa shape index (κ1) is 11.2. The molecule has 17 heavy (non-hydrogen) atoms. The largest absolute Gasteiger partial charge is 0.349 e. The fourth-order valence-electron chi connectivity index (χ4n) is 1.86. The highest BCUT2D eigenvalue weighted by atomic mass is 16.1. The Kier molecular flexibility index (Phi) is 3.10. The van der Waals surface area contributed by atoms with Crippen LogP contribution in [0.3, 0.4) is 0 Å². The van der Waals surface area contributed by atoms with E-state index in [4.69, 9.17) is 6.42 Å². The minimum absolute atomic E-state index is 0.159. The van der Waals surface area contributed by atoms with E-state index in [0.717, 1.165) is 16.9 Å². The molecule has 1 N–H and O–H groups in total. The number of benzene rings is 1. The summed E-state index contributed by atoms with van der Waals surface area (Å²) in [5, 5.41) is 2.69. The number of carbonyl (C=O) groups is 1. The number of rotatable bonds is 4. The lowest BCUT2D eigenvalue weighted by Gasteiger charge is -2.11. The molecule has 1 unspecified atom stereocenters. The van der Waals surface area contributed by atoms with Crippen LogP contribution in [0.2, 0.25) is 0 Å².